The maximum atomic E-state index is 10.4. The van der Waals surface area contributed by atoms with Crippen LogP contribution in [0.3, 0.4) is 0 Å². The summed E-state index contributed by atoms with van der Waals surface area (Å²) in [6.07, 6.45) is 3.06. The van der Waals surface area contributed by atoms with Crippen LogP contribution < -0.4 is 11.1 Å². The molecule has 15 heavy (non-hydrogen) atoms. The minimum absolute atomic E-state index is 0.456. The van der Waals surface area contributed by atoms with Crippen molar-refractivity contribution in [2.24, 2.45) is 5.73 Å². The molecular weight excluding hydrogens is 212 g/mol. The summed E-state index contributed by atoms with van der Waals surface area (Å²) in [7, 11) is 1.51. The summed E-state index contributed by atoms with van der Waals surface area (Å²) >= 11 is 0. The quantitative estimate of drug-likeness (QED) is 0.489. The van der Waals surface area contributed by atoms with Crippen LogP contribution in [0.1, 0.15) is 19.3 Å². The molecular formula is C9H22N2O3Si. The number of hydrogen-bond acceptors (Lipinski definition) is 3. The monoisotopic (exact) mass is 234 g/mol. The third kappa shape index (κ3) is 7.35. The van der Waals surface area contributed by atoms with Gasteiger partial charge in [0.25, 0.3) is 0 Å². The second kappa shape index (κ2) is 7.67. The summed E-state index contributed by atoms with van der Waals surface area (Å²) in [5, 5.41) is 2.56. The summed E-state index contributed by atoms with van der Waals surface area (Å²) in [5.41, 5.74) is 4.94. The van der Waals surface area contributed by atoms with Gasteiger partial charge in [-0.25, -0.2) is 4.79 Å². The van der Waals surface area contributed by atoms with E-state index in [1.54, 1.807) is 14.2 Å². The topological polar surface area (TPSA) is 73.6 Å². The second-order valence-electron chi connectivity index (χ2n) is 3.64. The average molecular weight is 234 g/mol. The Morgan fingerprint density at radius 1 is 1.27 bits per heavy atom. The first kappa shape index (κ1) is 14.4. The number of primary amides is 1. The Morgan fingerprint density at radius 3 is 2.33 bits per heavy atom. The fourth-order valence-corrected chi connectivity index (χ4v) is 2.71. The number of rotatable bonds is 8. The van der Waals surface area contributed by atoms with Gasteiger partial charge in [0, 0.05) is 20.8 Å². The zero-order valence-electron chi connectivity index (χ0n) is 9.84. The van der Waals surface area contributed by atoms with Gasteiger partial charge in [-0.15, -0.1) is 0 Å². The Labute approximate surface area is 92.6 Å². The van der Waals surface area contributed by atoms with Crippen molar-refractivity contribution in [3.05, 3.63) is 0 Å². The van der Waals surface area contributed by atoms with E-state index in [0.29, 0.717) is 6.54 Å². The van der Waals surface area contributed by atoms with Gasteiger partial charge in [-0.3, -0.25) is 0 Å². The van der Waals surface area contributed by atoms with E-state index in [9.17, 15) is 4.79 Å². The molecule has 0 heterocycles. The molecule has 0 saturated heterocycles. The van der Waals surface area contributed by atoms with Crippen LogP contribution in [0, 0.1) is 0 Å². The molecule has 90 valence electrons. The van der Waals surface area contributed by atoms with E-state index < -0.39 is 14.6 Å². The standard InChI is InChI=1S/C9H22N2O3Si/c1-13-15(3,14-2)8-6-4-5-7-11-9(10)12/h4-8H2,1-3H3,(H3,10,11,12). The van der Waals surface area contributed by atoms with Crippen LogP contribution in [0.2, 0.25) is 12.6 Å². The van der Waals surface area contributed by atoms with Crippen molar-refractivity contribution in [1.82, 2.24) is 5.32 Å². The van der Waals surface area contributed by atoms with Crippen molar-refractivity contribution >= 4 is 14.6 Å². The summed E-state index contributed by atoms with van der Waals surface area (Å²) in [6, 6.07) is 0.527. The molecule has 0 aromatic heterocycles. The fraction of sp³-hybridized carbons (Fsp3) is 0.889. The lowest BCUT2D eigenvalue weighted by atomic mass is 10.2. The Bertz CT molecular complexity index is 186. The molecule has 0 bridgehead atoms. The number of hydrogen-bond donors (Lipinski definition) is 2. The van der Waals surface area contributed by atoms with Crippen molar-refractivity contribution in [3.63, 3.8) is 0 Å². The van der Waals surface area contributed by atoms with Crippen LogP contribution in [-0.4, -0.2) is 35.4 Å². The van der Waals surface area contributed by atoms with Gasteiger partial charge in [0.2, 0.25) is 0 Å². The Kier molecular flexibility index (Phi) is 7.36. The average Bonchev–Trinajstić information content (AvgIpc) is 2.22. The Balaban J connectivity index is 3.41. The third-order valence-corrected chi connectivity index (χ3v) is 5.46. The highest BCUT2D eigenvalue weighted by Gasteiger charge is 2.27. The van der Waals surface area contributed by atoms with E-state index in [1.165, 1.54) is 0 Å². The molecule has 2 amide bonds. The first-order chi connectivity index (χ1) is 7.04. The highest BCUT2D eigenvalue weighted by molar-refractivity contribution is 6.65. The summed E-state index contributed by atoms with van der Waals surface area (Å²) in [5.74, 6) is 0. The molecule has 0 aliphatic carbocycles. The molecule has 0 aliphatic heterocycles. The van der Waals surface area contributed by atoms with Gasteiger partial charge in [-0.1, -0.05) is 12.8 Å². The molecule has 0 fully saturated rings. The van der Waals surface area contributed by atoms with Crippen LogP contribution in [0.5, 0.6) is 0 Å². The number of carbonyl (C=O) groups is 1. The lowest BCUT2D eigenvalue weighted by molar-refractivity contribution is 0.246. The molecule has 0 unspecified atom stereocenters. The number of amides is 2. The molecule has 0 aromatic rings. The fourth-order valence-electron chi connectivity index (χ4n) is 1.25. The van der Waals surface area contributed by atoms with Gasteiger partial charge in [0.05, 0.1) is 0 Å². The number of nitrogens with two attached hydrogens (primary N) is 1. The highest BCUT2D eigenvalue weighted by atomic mass is 28.4. The van der Waals surface area contributed by atoms with Crippen LogP contribution in [-0.2, 0) is 8.85 Å². The van der Waals surface area contributed by atoms with Gasteiger partial charge in [0.1, 0.15) is 0 Å². The maximum Gasteiger partial charge on any atom is 0.334 e. The zero-order chi connectivity index (χ0) is 11.7. The summed E-state index contributed by atoms with van der Waals surface area (Å²) in [6.45, 7) is 2.70. The molecule has 0 radical (unpaired) electrons. The van der Waals surface area contributed by atoms with E-state index >= 15 is 0 Å². The number of unbranched alkanes of at least 4 members (excludes halogenated alkanes) is 2. The highest BCUT2D eigenvalue weighted by Crippen LogP contribution is 2.15. The number of carbonyl (C=O) groups excluding carboxylic acids is 1. The molecule has 0 spiro atoms. The molecule has 0 aliphatic rings. The van der Waals surface area contributed by atoms with E-state index in [-0.39, 0.29) is 0 Å². The molecule has 3 N–H and O–H groups in total. The van der Waals surface area contributed by atoms with Crippen molar-refractivity contribution in [3.8, 4) is 0 Å². The Hall–Kier alpha value is -0.593. The number of urea groups is 1. The van der Waals surface area contributed by atoms with E-state index in [4.69, 9.17) is 14.6 Å². The van der Waals surface area contributed by atoms with Crippen molar-refractivity contribution in [2.45, 2.75) is 31.9 Å². The molecule has 0 saturated carbocycles. The van der Waals surface area contributed by atoms with Crippen LogP contribution >= 0.6 is 0 Å². The molecule has 0 atom stereocenters. The second-order valence-corrected chi connectivity index (χ2v) is 7.23. The van der Waals surface area contributed by atoms with Gasteiger partial charge in [0.15, 0.2) is 0 Å². The lowest BCUT2D eigenvalue weighted by Crippen LogP contribution is -2.35. The minimum Gasteiger partial charge on any atom is -0.398 e. The SMILES string of the molecule is CO[Si](C)(CCCCCNC(N)=O)OC. The minimum atomic E-state index is -1.89. The molecule has 0 rings (SSSR count). The van der Waals surface area contributed by atoms with Crippen LogP contribution in [0.25, 0.3) is 0 Å². The van der Waals surface area contributed by atoms with Gasteiger partial charge in [-0.2, -0.15) is 0 Å². The largest absolute Gasteiger partial charge is 0.398 e. The summed E-state index contributed by atoms with van der Waals surface area (Å²) in [4.78, 5) is 10.4. The Morgan fingerprint density at radius 2 is 1.87 bits per heavy atom. The van der Waals surface area contributed by atoms with Crippen molar-refractivity contribution in [1.29, 1.82) is 0 Å². The van der Waals surface area contributed by atoms with Crippen molar-refractivity contribution < 1.29 is 13.6 Å². The van der Waals surface area contributed by atoms with E-state index in [0.717, 1.165) is 25.3 Å². The first-order valence-electron chi connectivity index (χ1n) is 5.17. The molecule has 5 nitrogen and oxygen atoms in total. The zero-order valence-corrected chi connectivity index (χ0v) is 10.8. The van der Waals surface area contributed by atoms with Crippen LogP contribution in [0.15, 0.2) is 0 Å². The van der Waals surface area contributed by atoms with E-state index in [1.807, 2.05) is 0 Å². The molecule has 0 aromatic carbocycles. The molecule has 6 heteroatoms. The van der Waals surface area contributed by atoms with Gasteiger partial charge < -0.3 is 19.9 Å². The smallest absolute Gasteiger partial charge is 0.334 e. The normalized spacial score (nSPS) is 11.4. The first-order valence-corrected chi connectivity index (χ1v) is 7.70. The summed E-state index contributed by atoms with van der Waals surface area (Å²) < 4.78 is 10.7. The lowest BCUT2D eigenvalue weighted by Gasteiger charge is -2.22. The number of nitrogens with one attached hydrogen (secondary N) is 1. The van der Waals surface area contributed by atoms with Crippen molar-refractivity contribution in [2.75, 3.05) is 20.8 Å². The van der Waals surface area contributed by atoms with E-state index in [2.05, 4.69) is 11.9 Å². The third-order valence-electron chi connectivity index (χ3n) is 2.47. The maximum absolute atomic E-state index is 10.4. The van der Waals surface area contributed by atoms with Gasteiger partial charge in [-0.05, 0) is 19.0 Å². The van der Waals surface area contributed by atoms with Gasteiger partial charge >= 0.3 is 14.6 Å². The van der Waals surface area contributed by atoms with Crippen LogP contribution in [0.4, 0.5) is 4.79 Å². The predicted molar refractivity (Wildman–Crippen MR) is 61.9 cm³/mol. The predicted octanol–water partition coefficient (Wildman–Crippen LogP) is 1.19.